The third kappa shape index (κ3) is 3.60. The van der Waals surface area contributed by atoms with Gasteiger partial charge in [-0.1, -0.05) is 6.42 Å². The van der Waals surface area contributed by atoms with Gasteiger partial charge in [0, 0.05) is 6.61 Å². The minimum Gasteiger partial charge on any atom is -0.480 e. The second-order valence-electron chi connectivity index (χ2n) is 4.59. The van der Waals surface area contributed by atoms with Crippen LogP contribution < -0.4 is 5.32 Å². The molecule has 1 aliphatic carbocycles. The Bertz CT molecular complexity index is 250. The van der Waals surface area contributed by atoms with Crippen LogP contribution in [0.5, 0.6) is 0 Å². The molecule has 0 radical (unpaired) electrons. The van der Waals surface area contributed by atoms with Crippen molar-refractivity contribution in [2.24, 2.45) is 5.92 Å². The van der Waals surface area contributed by atoms with Crippen molar-refractivity contribution in [2.45, 2.75) is 37.6 Å². The number of likely N-dealkylation sites (N-methyl/N-ethyl adjacent to an activating group) is 1. The number of carbonyl (C=O) groups is 1. The predicted molar refractivity (Wildman–Crippen MR) is 70.4 cm³/mol. The smallest absolute Gasteiger partial charge is 0.324 e. The molecular weight excluding hydrogens is 238 g/mol. The van der Waals surface area contributed by atoms with Gasteiger partial charge in [0.1, 0.15) is 5.54 Å². The largest absolute Gasteiger partial charge is 0.480 e. The van der Waals surface area contributed by atoms with Gasteiger partial charge >= 0.3 is 5.97 Å². The Kier molecular flexibility index (Phi) is 6.30. The molecule has 5 heteroatoms. The van der Waals surface area contributed by atoms with Gasteiger partial charge in [0.25, 0.3) is 0 Å². The fraction of sp³-hybridized carbons (Fsp3) is 0.917. The number of hydrogen-bond donors (Lipinski definition) is 3. The van der Waals surface area contributed by atoms with Crippen molar-refractivity contribution in [3.63, 3.8) is 0 Å². The minimum absolute atomic E-state index is 0.242. The molecule has 2 unspecified atom stereocenters. The number of aliphatic hydroxyl groups is 1. The Labute approximate surface area is 107 Å². The summed E-state index contributed by atoms with van der Waals surface area (Å²) in [5, 5.41) is 21.1. The molecule has 1 saturated carbocycles. The zero-order valence-corrected chi connectivity index (χ0v) is 11.3. The van der Waals surface area contributed by atoms with Crippen molar-refractivity contribution in [2.75, 3.05) is 25.2 Å². The molecule has 1 aliphatic rings. The Morgan fingerprint density at radius 1 is 1.53 bits per heavy atom. The second kappa shape index (κ2) is 7.24. The maximum Gasteiger partial charge on any atom is 0.324 e. The molecule has 1 rings (SSSR count). The van der Waals surface area contributed by atoms with E-state index in [1.807, 2.05) is 0 Å². The average molecular weight is 261 g/mol. The first-order valence-electron chi connectivity index (χ1n) is 6.28. The van der Waals surface area contributed by atoms with E-state index in [9.17, 15) is 9.90 Å². The van der Waals surface area contributed by atoms with Crippen molar-refractivity contribution >= 4 is 17.7 Å². The fourth-order valence-corrected chi connectivity index (χ4v) is 3.67. The predicted octanol–water partition coefficient (Wildman–Crippen LogP) is 1.33. The summed E-state index contributed by atoms with van der Waals surface area (Å²) in [7, 11) is 1.76. The van der Waals surface area contributed by atoms with Crippen LogP contribution in [0.3, 0.4) is 0 Å². The van der Waals surface area contributed by atoms with Crippen LogP contribution in [0.2, 0.25) is 0 Å². The molecule has 3 N–H and O–H groups in total. The highest BCUT2D eigenvalue weighted by molar-refractivity contribution is 7.99. The van der Waals surface area contributed by atoms with Gasteiger partial charge < -0.3 is 15.5 Å². The van der Waals surface area contributed by atoms with Crippen molar-refractivity contribution in [1.29, 1.82) is 0 Å². The average Bonchev–Trinajstić information content (AvgIpc) is 2.73. The maximum absolute atomic E-state index is 11.4. The molecule has 17 heavy (non-hydrogen) atoms. The lowest BCUT2D eigenvalue weighted by Crippen LogP contribution is -2.53. The van der Waals surface area contributed by atoms with Gasteiger partial charge in [0.2, 0.25) is 0 Å². The van der Waals surface area contributed by atoms with Crippen LogP contribution >= 0.6 is 11.8 Å². The van der Waals surface area contributed by atoms with Crippen LogP contribution in [0.25, 0.3) is 0 Å². The lowest BCUT2D eigenvalue weighted by atomic mass is 9.85. The molecule has 0 aliphatic heterocycles. The minimum atomic E-state index is -0.706. The number of carboxylic acid groups (broad SMARTS) is 1. The first-order valence-corrected chi connectivity index (χ1v) is 7.43. The topological polar surface area (TPSA) is 69.6 Å². The molecule has 2 atom stereocenters. The number of aliphatic hydroxyl groups excluding tert-OH is 1. The summed E-state index contributed by atoms with van der Waals surface area (Å²) in [6, 6.07) is 0. The number of thioether (sulfide) groups is 1. The molecule has 0 spiro atoms. The molecule has 0 aromatic carbocycles. The van der Waals surface area contributed by atoms with Crippen LogP contribution in [0.15, 0.2) is 0 Å². The fourth-order valence-electron chi connectivity index (χ4n) is 2.68. The van der Waals surface area contributed by atoms with E-state index in [-0.39, 0.29) is 12.5 Å². The molecule has 0 aromatic rings. The summed E-state index contributed by atoms with van der Waals surface area (Å²) < 4.78 is 0. The van der Waals surface area contributed by atoms with E-state index < -0.39 is 11.5 Å². The highest BCUT2D eigenvalue weighted by Crippen LogP contribution is 2.38. The first-order chi connectivity index (χ1) is 8.17. The quantitative estimate of drug-likeness (QED) is 0.575. The zero-order valence-electron chi connectivity index (χ0n) is 10.4. The van der Waals surface area contributed by atoms with Gasteiger partial charge in [-0.2, -0.15) is 11.8 Å². The van der Waals surface area contributed by atoms with E-state index in [4.69, 9.17) is 5.11 Å². The Balaban J connectivity index is 2.38. The van der Waals surface area contributed by atoms with Gasteiger partial charge in [-0.05, 0) is 50.2 Å². The third-order valence-electron chi connectivity index (χ3n) is 3.71. The van der Waals surface area contributed by atoms with Gasteiger partial charge in [-0.25, -0.2) is 0 Å². The van der Waals surface area contributed by atoms with Crippen molar-refractivity contribution in [1.82, 2.24) is 5.32 Å². The van der Waals surface area contributed by atoms with Crippen LogP contribution in [-0.4, -0.2) is 46.9 Å². The van der Waals surface area contributed by atoms with Crippen LogP contribution in [0.4, 0.5) is 0 Å². The van der Waals surface area contributed by atoms with Crippen molar-refractivity contribution in [3.05, 3.63) is 0 Å². The first kappa shape index (κ1) is 14.8. The van der Waals surface area contributed by atoms with Crippen LogP contribution in [0, 0.1) is 5.92 Å². The van der Waals surface area contributed by atoms with E-state index in [0.29, 0.717) is 0 Å². The lowest BCUT2D eigenvalue weighted by Gasteiger charge is -2.30. The van der Waals surface area contributed by atoms with Crippen LogP contribution in [-0.2, 0) is 4.79 Å². The van der Waals surface area contributed by atoms with Gasteiger partial charge in [-0.3, -0.25) is 4.79 Å². The molecule has 0 aromatic heterocycles. The Hall–Kier alpha value is -0.260. The van der Waals surface area contributed by atoms with E-state index in [1.165, 1.54) is 0 Å². The van der Waals surface area contributed by atoms with E-state index in [2.05, 4.69) is 5.32 Å². The number of nitrogens with one attached hydrogen (secondary N) is 1. The lowest BCUT2D eigenvalue weighted by molar-refractivity contribution is -0.146. The van der Waals surface area contributed by atoms with E-state index in [1.54, 1.807) is 18.8 Å². The summed E-state index contributed by atoms with van der Waals surface area (Å²) in [5.41, 5.74) is -0.697. The normalized spacial score (nSPS) is 28.5. The summed E-state index contributed by atoms with van der Waals surface area (Å²) in [6.45, 7) is 0.242. The summed E-state index contributed by atoms with van der Waals surface area (Å²) in [4.78, 5) is 11.4. The standard InChI is InChI=1S/C12H23NO3S/c1-13-12(11(15)16)6-2-4-10(12)5-9-17-8-3-7-14/h10,13-14H,2-9H2,1H3,(H,15,16). The highest BCUT2D eigenvalue weighted by atomic mass is 32.2. The second-order valence-corrected chi connectivity index (χ2v) is 5.82. The molecular formula is C12H23NO3S. The van der Waals surface area contributed by atoms with E-state index in [0.717, 1.165) is 43.6 Å². The van der Waals surface area contributed by atoms with Gasteiger partial charge in [0.15, 0.2) is 0 Å². The monoisotopic (exact) mass is 261 g/mol. The van der Waals surface area contributed by atoms with Crippen molar-refractivity contribution in [3.8, 4) is 0 Å². The van der Waals surface area contributed by atoms with E-state index >= 15 is 0 Å². The Morgan fingerprint density at radius 3 is 2.88 bits per heavy atom. The number of carboxylic acids is 1. The molecule has 0 heterocycles. The number of rotatable bonds is 8. The molecule has 1 fully saturated rings. The SMILES string of the molecule is CNC1(C(=O)O)CCCC1CCSCCCO. The third-order valence-corrected chi connectivity index (χ3v) is 4.81. The number of hydrogen-bond acceptors (Lipinski definition) is 4. The van der Waals surface area contributed by atoms with Gasteiger partial charge in [-0.15, -0.1) is 0 Å². The maximum atomic E-state index is 11.4. The number of aliphatic carboxylic acids is 1. The zero-order chi connectivity index (χ0) is 12.7. The molecule has 100 valence electrons. The molecule has 0 amide bonds. The summed E-state index contributed by atoms with van der Waals surface area (Å²) in [6.07, 6.45) is 4.52. The molecule has 0 bridgehead atoms. The highest BCUT2D eigenvalue weighted by Gasteiger charge is 2.47. The summed E-state index contributed by atoms with van der Waals surface area (Å²) >= 11 is 1.81. The van der Waals surface area contributed by atoms with Gasteiger partial charge in [0.05, 0.1) is 0 Å². The van der Waals surface area contributed by atoms with Crippen LogP contribution in [0.1, 0.15) is 32.1 Å². The summed E-state index contributed by atoms with van der Waals surface area (Å²) in [5.74, 6) is 1.49. The molecule has 4 nitrogen and oxygen atoms in total. The van der Waals surface area contributed by atoms with Crippen molar-refractivity contribution < 1.29 is 15.0 Å². The Morgan fingerprint density at radius 2 is 2.29 bits per heavy atom. The molecule has 0 saturated heterocycles.